The number of fused-ring (bicyclic) bond motifs is 5. The molecule has 1 aromatic carbocycles. The first-order valence-electron chi connectivity index (χ1n) is 7.59. The SMILES string of the molecule is COc1ccc(CC(O)C2C3C4CCC(C4)C23)cc1. The second kappa shape index (κ2) is 4.24. The van der Waals surface area contributed by atoms with Crippen molar-refractivity contribution in [2.24, 2.45) is 29.6 Å². The van der Waals surface area contributed by atoms with Gasteiger partial charge in [0.05, 0.1) is 13.2 Å². The maximum Gasteiger partial charge on any atom is 0.118 e. The molecule has 0 heterocycles. The summed E-state index contributed by atoms with van der Waals surface area (Å²) in [6.45, 7) is 0. The van der Waals surface area contributed by atoms with E-state index in [0.717, 1.165) is 35.8 Å². The van der Waals surface area contributed by atoms with Gasteiger partial charge in [-0.2, -0.15) is 0 Å². The third-order valence-electron chi connectivity index (χ3n) is 5.84. The first-order chi connectivity index (χ1) is 9.28. The van der Waals surface area contributed by atoms with Crippen LogP contribution in [0.4, 0.5) is 0 Å². The highest BCUT2D eigenvalue weighted by Crippen LogP contribution is 2.70. The van der Waals surface area contributed by atoms with Gasteiger partial charge in [0.25, 0.3) is 0 Å². The first-order valence-corrected chi connectivity index (χ1v) is 7.59. The molecule has 0 aliphatic heterocycles. The summed E-state index contributed by atoms with van der Waals surface area (Å²) in [6.07, 6.45) is 4.99. The molecule has 0 amide bonds. The van der Waals surface area contributed by atoms with E-state index in [0.29, 0.717) is 5.92 Å². The average Bonchev–Trinajstić information content (AvgIpc) is 2.89. The second-order valence-corrected chi connectivity index (χ2v) is 6.68. The van der Waals surface area contributed by atoms with Crippen LogP contribution in [0, 0.1) is 29.6 Å². The summed E-state index contributed by atoms with van der Waals surface area (Å²) in [5, 5.41) is 10.5. The topological polar surface area (TPSA) is 29.5 Å². The molecule has 3 fully saturated rings. The van der Waals surface area contributed by atoms with Crippen LogP contribution in [-0.4, -0.2) is 18.3 Å². The Balaban J connectivity index is 1.41. The monoisotopic (exact) mass is 258 g/mol. The number of hydrogen-bond donors (Lipinski definition) is 1. The fourth-order valence-electron chi connectivity index (χ4n) is 5.05. The van der Waals surface area contributed by atoms with Crippen molar-refractivity contribution in [2.45, 2.75) is 31.8 Å². The number of aliphatic hydroxyl groups excluding tert-OH is 1. The van der Waals surface area contributed by atoms with Gasteiger partial charge >= 0.3 is 0 Å². The molecule has 3 aliphatic rings. The van der Waals surface area contributed by atoms with Gasteiger partial charge in [0.1, 0.15) is 5.75 Å². The molecular weight excluding hydrogens is 236 g/mol. The number of rotatable bonds is 4. The van der Waals surface area contributed by atoms with Crippen molar-refractivity contribution >= 4 is 0 Å². The zero-order chi connectivity index (χ0) is 13.0. The van der Waals surface area contributed by atoms with E-state index in [1.54, 1.807) is 7.11 Å². The summed E-state index contributed by atoms with van der Waals surface area (Å²) in [7, 11) is 1.69. The van der Waals surface area contributed by atoms with Crippen molar-refractivity contribution < 1.29 is 9.84 Å². The molecule has 0 spiro atoms. The van der Waals surface area contributed by atoms with Crippen LogP contribution in [0.25, 0.3) is 0 Å². The van der Waals surface area contributed by atoms with Crippen molar-refractivity contribution in [2.75, 3.05) is 7.11 Å². The lowest BCUT2D eigenvalue weighted by Gasteiger charge is -2.15. The van der Waals surface area contributed by atoms with Gasteiger partial charge < -0.3 is 9.84 Å². The van der Waals surface area contributed by atoms with E-state index in [4.69, 9.17) is 4.74 Å². The Hall–Kier alpha value is -1.02. The molecule has 102 valence electrons. The highest BCUT2D eigenvalue weighted by molar-refractivity contribution is 5.28. The van der Waals surface area contributed by atoms with Crippen LogP contribution < -0.4 is 4.74 Å². The number of methoxy groups -OCH3 is 1. The van der Waals surface area contributed by atoms with Gasteiger partial charge in [-0.15, -0.1) is 0 Å². The van der Waals surface area contributed by atoms with Crippen LogP contribution in [0.1, 0.15) is 24.8 Å². The van der Waals surface area contributed by atoms with Gasteiger partial charge in [0, 0.05) is 0 Å². The molecule has 3 aliphatic carbocycles. The molecule has 2 nitrogen and oxygen atoms in total. The highest BCUT2D eigenvalue weighted by atomic mass is 16.5. The minimum absolute atomic E-state index is 0.133. The number of hydrogen-bond acceptors (Lipinski definition) is 2. The van der Waals surface area contributed by atoms with E-state index in [-0.39, 0.29) is 6.10 Å². The molecule has 1 aromatic rings. The fraction of sp³-hybridized carbons (Fsp3) is 0.647. The molecular formula is C17H22O2. The Morgan fingerprint density at radius 1 is 1.16 bits per heavy atom. The van der Waals surface area contributed by atoms with Gasteiger partial charge in [-0.05, 0) is 73.0 Å². The third-order valence-corrected chi connectivity index (χ3v) is 5.84. The Morgan fingerprint density at radius 3 is 2.37 bits per heavy atom. The first kappa shape index (κ1) is 11.8. The van der Waals surface area contributed by atoms with Gasteiger partial charge in [-0.3, -0.25) is 0 Å². The summed E-state index contributed by atoms with van der Waals surface area (Å²) in [5.74, 6) is 5.13. The maximum atomic E-state index is 10.5. The van der Waals surface area contributed by atoms with E-state index < -0.39 is 0 Å². The van der Waals surface area contributed by atoms with Crippen molar-refractivity contribution in [1.82, 2.24) is 0 Å². The third kappa shape index (κ3) is 1.80. The lowest BCUT2D eigenvalue weighted by molar-refractivity contribution is 0.128. The van der Waals surface area contributed by atoms with Crippen LogP contribution in [-0.2, 0) is 6.42 Å². The Labute approximate surface area is 114 Å². The van der Waals surface area contributed by atoms with Crippen LogP contribution in [0.2, 0.25) is 0 Å². The lowest BCUT2D eigenvalue weighted by atomic mass is 9.95. The van der Waals surface area contributed by atoms with E-state index in [9.17, 15) is 5.11 Å². The summed E-state index contributed by atoms with van der Waals surface area (Å²) >= 11 is 0. The molecule has 5 atom stereocenters. The van der Waals surface area contributed by atoms with E-state index in [1.807, 2.05) is 12.1 Å². The summed E-state index contributed by atoms with van der Waals surface area (Å²) in [5.41, 5.74) is 1.23. The minimum Gasteiger partial charge on any atom is -0.497 e. The Kier molecular flexibility index (Phi) is 2.63. The molecule has 2 heteroatoms. The summed E-state index contributed by atoms with van der Waals surface area (Å²) in [4.78, 5) is 0. The van der Waals surface area contributed by atoms with Gasteiger partial charge in [0.15, 0.2) is 0 Å². The van der Waals surface area contributed by atoms with E-state index in [2.05, 4.69) is 12.1 Å². The molecule has 1 N–H and O–H groups in total. The normalized spacial score (nSPS) is 40.0. The smallest absolute Gasteiger partial charge is 0.118 e. The van der Waals surface area contributed by atoms with E-state index >= 15 is 0 Å². The van der Waals surface area contributed by atoms with Crippen LogP contribution in [0.5, 0.6) is 5.75 Å². The predicted octanol–water partition coefficient (Wildman–Crippen LogP) is 2.89. The summed E-state index contributed by atoms with van der Waals surface area (Å²) in [6, 6.07) is 8.13. The largest absolute Gasteiger partial charge is 0.497 e. The maximum absolute atomic E-state index is 10.5. The molecule has 19 heavy (non-hydrogen) atoms. The second-order valence-electron chi connectivity index (χ2n) is 6.68. The zero-order valence-electron chi connectivity index (χ0n) is 11.5. The number of benzene rings is 1. The van der Waals surface area contributed by atoms with Crippen molar-refractivity contribution in [3.8, 4) is 5.75 Å². The van der Waals surface area contributed by atoms with Gasteiger partial charge in [-0.25, -0.2) is 0 Å². The van der Waals surface area contributed by atoms with Gasteiger partial charge in [0.2, 0.25) is 0 Å². The average molecular weight is 258 g/mol. The lowest BCUT2D eigenvalue weighted by Crippen LogP contribution is -2.18. The molecule has 0 radical (unpaired) electrons. The van der Waals surface area contributed by atoms with Crippen molar-refractivity contribution in [3.63, 3.8) is 0 Å². The van der Waals surface area contributed by atoms with Gasteiger partial charge in [-0.1, -0.05) is 12.1 Å². The van der Waals surface area contributed by atoms with E-state index in [1.165, 1.54) is 24.8 Å². The molecule has 3 saturated carbocycles. The molecule has 4 rings (SSSR count). The minimum atomic E-state index is -0.133. The molecule has 5 unspecified atom stereocenters. The number of aliphatic hydroxyl groups is 1. The molecule has 0 saturated heterocycles. The van der Waals surface area contributed by atoms with Crippen LogP contribution in [0.15, 0.2) is 24.3 Å². The Morgan fingerprint density at radius 2 is 1.79 bits per heavy atom. The number of ether oxygens (including phenoxy) is 1. The van der Waals surface area contributed by atoms with Crippen LogP contribution >= 0.6 is 0 Å². The molecule has 0 aromatic heterocycles. The van der Waals surface area contributed by atoms with Crippen molar-refractivity contribution in [3.05, 3.63) is 29.8 Å². The van der Waals surface area contributed by atoms with Crippen molar-refractivity contribution in [1.29, 1.82) is 0 Å². The quantitative estimate of drug-likeness (QED) is 0.900. The Bertz CT molecular complexity index is 451. The zero-order valence-corrected chi connectivity index (χ0v) is 11.5. The predicted molar refractivity (Wildman–Crippen MR) is 74.0 cm³/mol. The fourth-order valence-corrected chi connectivity index (χ4v) is 5.05. The molecule has 2 bridgehead atoms. The highest BCUT2D eigenvalue weighted by Gasteiger charge is 2.66. The van der Waals surface area contributed by atoms with Crippen LogP contribution in [0.3, 0.4) is 0 Å². The summed E-state index contributed by atoms with van der Waals surface area (Å²) < 4.78 is 5.17. The standard InChI is InChI=1S/C17H22O2/c1-19-13-6-2-10(3-7-13)8-14(18)17-15-11-4-5-12(9-11)16(15)17/h2-3,6-7,11-12,14-18H,4-5,8-9H2,1H3.